The minimum absolute atomic E-state index is 0.0584. The molecule has 102 valence electrons. The second-order valence-electron chi connectivity index (χ2n) is 4.49. The summed E-state index contributed by atoms with van der Waals surface area (Å²) in [5, 5.41) is 6.90. The topological polar surface area (TPSA) is 57.7 Å². The Hall–Kier alpha value is -2.21. The maximum absolute atomic E-state index is 14.1. The average Bonchev–Trinajstić information content (AvgIpc) is 2.84. The zero-order valence-electron chi connectivity index (χ0n) is 10.9. The number of rotatable bonds is 2. The monoisotopic (exact) mass is 291 g/mol. The lowest BCUT2D eigenvalue weighted by Crippen LogP contribution is -2.10. The fourth-order valence-corrected chi connectivity index (χ4v) is 2.06. The van der Waals surface area contributed by atoms with Gasteiger partial charge in [0, 0.05) is 19.7 Å². The Labute approximate surface area is 119 Å². The molecular formula is C13H11ClFN5. The molecule has 0 unspecified atom stereocenters. The predicted octanol–water partition coefficient (Wildman–Crippen LogP) is 2.88. The van der Waals surface area contributed by atoms with Crippen molar-refractivity contribution in [2.45, 2.75) is 0 Å². The van der Waals surface area contributed by atoms with Crippen LogP contribution in [0.2, 0.25) is 5.02 Å². The van der Waals surface area contributed by atoms with Gasteiger partial charge in [-0.05, 0) is 12.1 Å². The average molecular weight is 292 g/mol. The van der Waals surface area contributed by atoms with E-state index in [0.717, 1.165) is 0 Å². The summed E-state index contributed by atoms with van der Waals surface area (Å²) in [5.41, 5.74) is 1.74. The Morgan fingerprint density at radius 2 is 2.10 bits per heavy atom. The van der Waals surface area contributed by atoms with Crippen molar-refractivity contribution < 1.29 is 4.39 Å². The van der Waals surface area contributed by atoms with E-state index in [2.05, 4.69) is 20.2 Å². The first-order valence-electron chi connectivity index (χ1n) is 5.90. The number of hydrogen-bond acceptors (Lipinski definition) is 4. The van der Waals surface area contributed by atoms with E-state index in [-0.39, 0.29) is 5.02 Å². The number of nitrogens with zero attached hydrogens (tertiary/aromatic N) is 4. The molecule has 2 heterocycles. The SMILES string of the molecule is CN(C)c1cnc2c(-c3cccc(Cl)c3F)[nH]nc2n1. The van der Waals surface area contributed by atoms with Gasteiger partial charge in [-0.1, -0.05) is 17.7 Å². The molecule has 0 atom stereocenters. The van der Waals surface area contributed by atoms with Crippen molar-refractivity contribution in [2.75, 3.05) is 19.0 Å². The zero-order valence-corrected chi connectivity index (χ0v) is 11.6. The molecule has 5 nitrogen and oxygen atoms in total. The third-order valence-electron chi connectivity index (χ3n) is 2.93. The summed E-state index contributed by atoms with van der Waals surface area (Å²) >= 11 is 5.80. The Bertz CT molecular complexity index is 784. The van der Waals surface area contributed by atoms with Gasteiger partial charge in [0.1, 0.15) is 11.3 Å². The second kappa shape index (κ2) is 4.72. The van der Waals surface area contributed by atoms with Crippen LogP contribution in [-0.4, -0.2) is 34.3 Å². The number of anilines is 1. The molecule has 0 fully saturated rings. The molecule has 20 heavy (non-hydrogen) atoms. The van der Waals surface area contributed by atoms with Crippen molar-refractivity contribution in [2.24, 2.45) is 0 Å². The van der Waals surface area contributed by atoms with Crippen molar-refractivity contribution in [1.82, 2.24) is 20.2 Å². The number of aromatic nitrogens is 4. The van der Waals surface area contributed by atoms with Gasteiger partial charge in [-0.15, -0.1) is 0 Å². The van der Waals surface area contributed by atoms with Crippen molar-refractivity contribution in [3.8, 4) is 11.3 Å². The van der Waals surface area contributed by atoms with Crippen LogP contribution in [0.5, 0.6) is 0 Å². The minimum atomic E-state index is -0.502. The largest absolute Gasteiger partial charge is 0.361 e. The van der Waals surface area contributed by atoms with Crippen LogP contribution in [-0.2, 0) is 0 Å². The van der Waals surface area contributed by atoms with Crippen LogP contribution >= 0.6 is 11.6 Å². The molecule has 0 saturated heterocycles. The molecule has 7 heteroatoms. The lowest BCUT2D eigenvalue weighted by molar-refractivity contribution is 0.631. The van der Waals surface area contributed by atoms with E-state index in [1.807, 2.05) is 19.0 Å². The molecule has 0 aliphatic carbocycles. The normalized spacial score (nSPS) is 11.0. The summed E-state index contributed by atoms with van der Waals surface area (Å²) in [7, 11) is 3.72. The molecule has 1 aromatic carbocycles. The highest BCUT2D eigenvalue weighted by Crippen LogP contribution is 2.30. The lowest BCUT2D eigenvalue weighted by Gasteiger charge is -2.09. The summed E-state index contributed by atoms with van der Waals surface area (Å²) in [5.74, 6) is 0.181. The fourth-order valence-electron chi connectivity index (χ4n) is 1.89. The van der Waals surface area contributed by atoms with E-state index in [4.69, 9.17) is 11.6 Å². The van der Waals surface area contributed by atoms with E-state index >= 15 is 0 Å². The smallest absolute Gasteiger partial charge is 0.202 e. The van der Waals surface area contributed by atoms with E-state index in [0.29, 0.717) is 28.2 Å². The number of aromatic amines is 1. The molecule has 3 rings (SSSR count). The van der Waals surface area contributed by atoms with Gasteiger partial charge in [-0.2, -0.15) is 5.10 Å². The summed E-state index contributed by atoms with van der Waals surface area (Å²) in [6.45, 7) is 0. The first kappa shape index (κ1) is 12.8. The molecule has 0 spiro atoms. The minimum Gasteiger partial charge on any atom is -0.361 e. The van der Waals surface area contributed by atoms with E-state index in [1.165, 1.54) is 6.07 Å². The molecule has 0 amide bonds. The van der Waals surface area contributed by atoms with Crippen LogP contribution in [0.1, 0.15) is 0 Å². The van der Waals surface area contributed by atoms with Crippen LogP contribution in [0.4, 0.5) is 10.2 Å². The van der Waals surface area contributed by atoms with E-state index in [9.17, 15) is 4.39 Å². The standard InChI is InChI=1S/C13H11ClFN5/c1-20(2)9-6-16-12-11(18-19-13(12)17-9)7-4-3-5-8(14)10(7)15/h3-6H,1-2H3,(H,17,18,19). The second-order valence-corrected chi connectivity index (χ2v) is 4.90. The molecule has 0 bridgehead atoms. The lowest BCUT2D eigenvalue weighted by atomic mass is 10.1. The van der Waals surface area contributed by atoms with Gasteiger partial charge >= 0.3 is 0 Å². The maximum atomic E-state index is 14.1. The zero-order chi connectivity index (χ0) is 14.3. The molecular weight excluding hydrogens is 281 g/mol. The number of benzene rings is 1. The fraction of sp³-hybridized carbons (Fsp3) is 0.154. The third kappa shape index (κ3) is 1.98. The maximum Gasteiger partial charge on any atom is 0.202 e. The van der Waals surface area contributed by atoms with Crippen LogP contribution in [0.25, 0.3) is 22.4 Å². The van der Waals surface area contributed by atoms with Gasteiger partial charge in [-0.3, -0.25) is 5.10 Å². The molecule has 1 N–H and O–H groups in total. The van der Waals surface area contributed by atoms with Gasteiger partial charge in [-0.25, -0.2) is 14.4 Å². The quantitative estimate of drug-likeness (QED) is 0.789. The van der Waals surface area contributed by atoms with Gasteiger partial charge < -0.3 is 4.90 Å². The van der Waals surface area contributed by atoms with Crippen LogP contribution < -0.4 is 4.90 Å². The number of H-pyrrole nitrogens is 1. The highest BCUT2D eigenvalue weighted by Gasteiger charge is 2.16. The Balaban J connectivity index is 2.20. The number of halogens is 2. The predicted molar refractivity (Wildman–Crippen MR) is 76.4 cm³/mol. The van der Waals surface area contributed by atoms with Crippen LogP contribution in [0.15, 0.2) is 24.4 Å². The third-order valence-corrected chi connectivity index (χ3v) is 3.22. The summed E-state index contributed by atoms with van der Waals surface area (Å²) < 4.78 is 14.1. The Kier molecular flexibility index (Phi) is 3.02. The van der Waals surface area contributed by atoms with Crippen molar-refractivity contribution in [3.63, 3.8) is 0 Å². The Morgan fingerprint density at radius 1 is 1.30 bits per heavy atom. The molecule has 0 saturated carbocycles. The van der Waals surface area contributed by atoms with Crippen molar-refractivity contribution in [3.05, 3.63) is 35.2 Å². The molecule has 3 aromatic rings. The summed E-state index contributed by atoms with van der Waals surface area (Å²) in [4.78, 5) is 10.5. The van der Waals surface area contributed by atoms with Crippen molar-refractivity contribution in [1.29, 1.82) is 0 Å². The van der Waals surface area contributed by atoms with Gasteiger partial charge in [0.05, 0.1) is 16.9 Å². The molecule has 0 aliphatic heterocycles. The molecule has 0 radical (unpaired) electrons. The van der Waals surface area contributed by atoms with E-state index < -0.39 is 5.82 Å². The number of nitrogens with one attached hydrogen (secondary N) is 1. The van der Waals surface area contributed by atoms with Gasteiger partial charge in [0.2, 0.25) is 5.65 Å². The molecule has 0 aliphatic rings. The number of hydrogen-bond donors (Lipinski definition) is 1. The summed E-state index contributed by atoms with van der Waals surface area (Å²) in [6.07, 6.45) is 1.61. The first-order chi connectivity index (χ1) is 9.58. The van der Waals surface area contributed by atoms with E-state index in [1.54, 1.807) is 18.3 Å². The highest BCUT2D eigenvalue weighted by molar-refractivity contribution is 6.31. The van der Waals surface area contributed by atoms with Crippen LogP contribution in [0.3, 0.4) is 0 Å². The van der Waals surface area contributed by atoms with Gasteiger partial charge in [0.15, 0.2) is 5.82 Å². The Morgan fingerprint density at radius 3 is 2.85 bits per heavy atom. The van der Waals surface area contributed by atoms with Crippen LogP contribution in [0, 0.1) is 5.82 Å². The highest BCUT2D eigenvalue weighted by atomic mass is 35.5. The molecule has 2 aromatic heterocycles. The van der Waals surface area contributed by atoms with Gasteiger partial charge in [0.25, 0.3) is 0 Å². The summed E-state index contributed by atoms with van der Waals surface area (Å²) in [6, 6.07) is 4.79. The first-order valence-corrected chi connectivity index (χ1v) is 6.28. The number of fused-ring (bicyclic) bond motifs is 1. The van der Waals surface area contributed by atoms with Crippen molar-refractivity contribution >= 4 is 28.6 Å².